The highest BCUT2D eigenvalue weighted by molar-refractivity contribution is 7.98. The van der Waals surface area contributed by atoms with E-state index in [2.05, 4.69) is 20.3 Å². The molecule has 30 heavy (non-hydrogen) atoms. The molecule has 0 spiro atoms. The number of H-pyrrole nitrogens is 1. The van der Waals surface area contributed by atoms with Gasteiger partial charge in [0.1, 0.15) is 5.82 Å². The molecule has 0 fully saturated rings. The van der Waals surface area contributed by atoms with E-state index in [0.717, 1.165) is 11.1 Å². The van der Waals surface area contributed by atoms with E-state index >= 15 is 0 Å². The van der Waals surface area contributed by atoms with Crippen LogP contribution in [0.1, 0.15) is 29.5 Å². The number of anilines is 1. The maximum Gasteiger partial charge on any atom is 0.337 e. The van der Waals surface area contributed by atoms with Crippen LogP contribution in [0.2, 0.25) is 0 Å². The van der Waals surface area contributed by atoms with Crippen LogP contribution in [0.25, 0.3) is 5.70 Å². The van der Waals surface area contributed by atoms with Crippen LogP contribution in [0.4, 0.5) is 5.82 Å². The standard InChI is InChI=1S/C22H20N4O3S/c1-3-29-21(28)16-15(13-9-11-23-12-10-13)17-19(25-22(30-2)26-20(17)27)24-18(16)14-7-5-4-6-8-14/h4-12,15H,3H2,1-2H3,(H2,24,25,26,27). The fraction of sp³-hybridized carbons (Fsp3) is 0.182. The number of pyridine rings is 1. The predicted molar refractivity (Wildman–Crippen MR) is 116 cm³/mol. The first kappa shape index (κ1) is 19.9. The second kappa shape index (κ2) is 8.54. The summed E-state index contributed by atoms with van der Waals surface area (Å²) in [5.41, 5.74) is 2.58. The molecular weight excluding hydrogens is 400 g/mol. The normalized spacial score (nSPS) is 15.3. The second-order valence-corrected chi connectivity index (χ2v) is 7.35. The zero-order chi connectivity index (χ0) is 21.1. The van der Waals surface area contributed by atoms with Crippen LogP contribution in [0, 0.1) is 0 Å². The van der Waals surface area contributed by atoms with Crippen molar-refractivity contribution in [1.82, 2.24) is 15.0 Å². The Kier molecular flexibility index (Phi) is 5.67. The Hall–Kier alpha value is -3.39. The summed E-state index contributed by atoms with van der Waals surface area (Å²) in [6.45, 7) is 1.98. The monoisotopic (exact) mass is 420 g/mol. The summed E-state index contributed by atoms with van der Waals surface area (Å²) in [6.07, 6.45) is 5.12. The molecule has 0 radical (unpaired) electrons. The molecule has 1 unspecified atom stereocenters. The van der Waals surface area contributed by atoms with Crippen LogP contribution in [0.15, 0.2) is 70.4 Å². The molecule has 0 amide bonds. The molecule has 3 aromatic rings. The number of rotatable bonds is 5. The summed E-state index contributed by atoms with van der Waals surface area (Å²) in [6, 6.07) is 13.1. The number of nitrogens with zero attached hydrogens (tertiary/aromatic N) is 2. The topological polar surface area (TPSA) is 97.0 Å². The summed E-state index contributed by atoms with van der Waals surface area (Å²) >= 11 is 1.34. The number of fused-ring (bicyclic) bond motifs is 1. The first-order chi connectivity index (χ1) is 14.6. The Bertz CT molecular complexity index is 1160. The van der Waals surface area contributed by atoms with Crippen molar-refractivity contribution < 1.29 is 9.53 Å². The van der Waals surface area contributed by atoms with Gasteiger partial charge in [0.25, 0.3) is 5.56 Å². The molecule has 8 heteroatoms. The number of hydrogen-bond acceptors (Lipinski definition) is 7. The molecule has 7 nitrogen and oxygen atoms in total. The highest BCUT2D eigenvalue weighted by Crippen LogP contribution is 2.42. The largest absolute Gasteiger partial charge is 0.463 e. The maximum absolute atomic E-state index is 13.1. The third-order valence-electron chi connectivity index (χ3n) is 4.81. The predicted octanol–water partition coefficient (Wildman–Crippen LogP) is 3.42. The number of carbonyl (C=O) groups excluding carboxylic acids is 1. The van der Waals surface area contributed by atoms with E-state index in [-0.39, 0.29) is 12.2 Å². The van der Waals surface area contributed by atoms with E-state index in [1.54, 1.807) is 31.5 Å². The van der Waals surface area contributed by atoms with Crippen LogP contribution in [0.3, 0.4) is 0 Å². The van der Waals surface area contributed by atoms with E-state index in [9.17, 15) is 9.59 Å². The molecule has 1 aliphatic heterocycles. The molecule has 0 aliphatic carbocycles. The molecule has 0 bridgehead atoms. The lowest BCUT2D eigenvalue weighted by atomic mass is 9.81. The fourth-order valence-corrected chi connectivity index (χ4v) is 3.92. The Morgan fingerprint density at radius 3 is 2.57 bits per heavy atom. The number of aromatic amines is 1. The number of carbonyl (C=O) groups is 1. The van der Waals surface area contributed by atoms with Crippen molar-refractivity contribution in [1.29, 1.82) is 0 Å². The lowest BCUT2D eigenvalue weighted by Crippen LogP contribution is -2.31. The third-order valence-corrected chi connectivity index (χ3v) is 5.39. The summed E-state index contributed by atoms with van der Waals surface area (Å²) in [5, 5.41) is 3.73. The number of aromatic nitrogens is 3. The van der Waals surface area contributed by atoms with Gasteiger partial charge < -0.3 is 15.0 Å². The summed E-state index contributed by atoms with van der Waals surface area (Å²) in [7, 11) is 0. The van der Waals surface area contributed by atoms with Gasteiger partial charge in [-0.15, -0.1) is 0 Å². The minimum atomic E-state index is -0.648. The average Bonchev–Trinajstić information content (AvgIpc) is 2.79. The van der Waals surface area contributed by atoms with E-state index < -0.39 is 11.9 Å². The van der Waals surface area contributed by atoms with Crippen LogP contribution < -0.4 is 10.9 Å². The lowest BCUT2D eigenvalue weighted by Gasteiger charge is -2.30. The Labute approximate surface area is 177 Å². The highest BCUT2D eigenvalue weighted by atomic mass is 32.2. The summed E-state index contributed by atoms with van der Waals surface area (Å²) in [4.78, 5) is 37.6. The number of ether oxygens (including phenoxy) is 1. The van der Waals surface area contributed by atoms with Gasteiger partial charge >= 0.3 is 5.97 Å². The van der Waals surface area contributed by atoms with Crippen molar-refractivity contribution in [2.45, 2.75) is 18.0 Å². The molecule has 3 heterocycles. The van der Waals surface area contributed by atoms with E-state index in [1.807, 2.05) is 36.6 Å². The summed E-state index contributed by atoms with van der Waals surface area (Å²) in [5.74, 6) is -0.702. The minimum absolute atomic E-state index is 0.223. The molecule has 0 saturated carbocycles. The van der Waals surface area contributed by atoms with Gasteiger partial charge in [-0.1, -0.05) is 42.1 Å². The number of thioether (sulfide) groups is 1. The minimum Gasteiger partial charge on any atom is -0.463 e. The quantitative estimate of drug-likeness (QED) is 0.371. The average molecular weight is 420 g/mol. The van der Waals surface area contributed by atoms with Crippen molar-refractivity contribution in [2.24, 2.45) is 0 Å². The summed E-state index contributed by atoms with van der Waals surface area (Å²) < 4.78 is 5.40. The van der Waals surface area contributed by atoms with Crippen molar-refractivity contribution in [3.05, 3.63) is 87.5 Å². The molecule has 2 aromatic heterocycles. The van der Waals surface area contributed by atoms with Gasteiger partial charge in [-0.2, -0.15) is 0 Å². The van der Waals surface area contributed by atoms with E-state index in [0.29, 0.717) is 27.8 Å². The first-order valence-electron chi connectivity index (χ1n) is 9.45. The molecule has 1 atom stereocenters. The number of benzene rings is 1. The smallest absolute Gasteiger partial charge is 0.337 e. The number of hydrogen-bond donors (Lipinski definition) is 2. The van der Waals surface area contributed by atoms with Crippen LogP contribution in [0.5, 0.6) is 0 Å². The second-order valence-electron chi connectivity index (χ2n) is 6.55. The van der Waals surface area contributed by atoms with Crippen molar-refractivity contribution in [3.8, 4) is 0 Å². The zero-order valence-corrected chi connectivity index (χ0v) is 17.3. The zero-order valence-electron chi connectivity index (χ0n) is 16.5. The van der Waals surface area contributed by atoms with Gasteiger partial charge in [0.2, 0.25) is 0 Å². The van der Waals surface area contributed by atoms with Crippen molar-refractivity contribution >= 4 is 29.2 Å². The Morgan fingerprint density at radius 2 is 1.90 bits per heavy atom. The van der Waals surface area contributed by atoms with Gasteiger partial charge in [-0.25, -0.2) is 9.78 Å². The number of nitrogens with one attached hydrogen (secondary N) is 2. The van der Waals surface area contributed by atoms with Crippen molar-refractivity contribution in [2.75, 3.05) is 18.2 Å². The molecule has 152 valence electrons. The van der Waals surface area contributed by atoms with Crippen LogP contribution >= 0.6 is 11.8 Å². The van der Waals surface area contributed by atoms with Gasteiger partial charge in [0, 0.05) is 12.4 Å². The maximum atomic E-state index is 13.1. The molecular formula is C22H20N4O3S. The number of esters is 1. The van der Waals surface area contributed by atoms with Gasteiger partial charge in [0.05, 0.1) is 29.4 Å². The van der Waals surface area contributed by atoms with Gasteiger partial charge in [-0.3, -0.25) is 9.78 Å². The molecule has 0 saturated heterocycles. The Morgan fingerprint density at radius 1 is 1.17 bits per heavy atom. The molecule has 4 rings (SSSR count). The molecule has 1 aromatic carbocycles. The molecule has 1 aliphatic rings. The van der Waals surface area contributed by atoms with Gasteiger partial charge in [0.15, 0.2) is 5.16 Å². The SMILES string of the molecule is CCOC(=O)C1=C(c2ccccc2)Nc2nc(SC)[nH]c(=O)c2C1c1ccncc1. The van der Waals surface area contributed by atoms with Gasteiger partial charge in [-0.05, 0) is 36.4 Å². The van der Waals surface area contributed by atoms with Crippen molar-refractivity contribution in [3.63, 3.8) is 0 Å². The van der Waals surface area contributed by atoms with Crippen LogP contribution in [-0.4, -0.2) is 33.8 Å². The lowest BCUT2D eigenvalue weighted by molar-refractivity contribution is -0.138. The highest BCUT2D eigenvalue weighted by Gasteiger charge is 2.38. The Balaban J connectivity index is 2.04. The van der Waals surface area contributed by atoms with E-state index in [4.69, 9.17) is 4.74 Å². The molecule has 2 N–H and O–H groups in total. The first-order valence-corrected chi connectivity index (χ1v) is 10.7. The fourth-order valence-electron chi connectivity index (χ4n) is 3.55. The van der Waals surface area contributed by atoms with E-state index in [1.165, 1.54) is 11.8 Å². The van der Waals surface area contributed by atoms with Crippen LogP contribution in [-0.2, 0) is 9.53 Å². The third kappa shape index (κ3) is 3.61.